The lowest BCUT2D eigenvalue weighted by atomic mass is 10.1. The van der Waals surface area contributed by atoms with Crippen molar-refractivity contribution in [1.82, 2.24) is 15.0 Å². The second-order valence-electron chi connectivity index (χ2n) is 3.82. The Morgan fingerprint density at radius 1 is 1.18 bits per heavy atom. The number of pyridine rings is 1. The summed E-state index contributed by atoms with van der Waals surface area (Å²) in [5, 5.41) is 9.25. The average Bonchev–Trinajstić information content (AvgIpc) is 2.42. The van der Waals surface area contributed by atoms with Crippen molar-refractivity contribution in [2.75, 3.05) is 6.61 Å². The first kappa shape index (κ1) is 11.7. The van der Waals surface area contributed by atoms with E-state index in [1.165, 1.54) is 0 Å². The van der Waals surface area contributed by atoms with Gasteiger partial charge in [-0.1, -0.05) is 6.92 Å². The minimum Gasteiger partial charge on any atom is -0.396 e. The summed E-state index contributed by atoms with van der Waals surface area (Å²) in [6, 6.07) is 5.68. The van der Waals surface area contributed by atoms with E-state index in [1.807, 2.05) is 25.1 Å². The van der Waals surface area contributed by atoms with Gasteiger partial charge in [0.05, 0.1) is 12.3 Å². The fraction of sp³-hybridized carbons (Fsp3) is 0.308. The van der Waals surface area contributed by atoms with Gasteiger partial charge < -0.3 is 5.11 Å². The van der Waals surface area contributed by atoms with Gasteiger partial charge in [-0.15, -0.1) is 0 Å². The van der Waals surface area contributed by atoms with Gasteiger partial charge in [0.2, 0.25) is 0 Å². The van der Waals surface area contributed by atoms with Crippen molar-refractivity contribution in [3.63, 3.8) is 0 Å². The topological polar surface area (TPSA) is 58.9 Å². The van der Waals surface area contributed by atoms with Gasteiger partial charge in [-0.25, -0.2) is 9.97 Å². The Kier molecular flexibility index (Phi) is 3.77. The Labute approximate surface area is 100 Å². The molecule has 0 amide bonds. The molecule has 2 heterocycles. The second-order valence-corrected chi connectivity index (χ2v) is 3.82. The Balaban J connectivity index is 2.35. The lowest BCUT2D eigenvalue weighted by Gasteiger charge is -2.10. The zero-order chi connectivity index (χ0) is 12.1. The van der Waals surface area contributed by atoms with Crippen LogP contribution in [0.4, 0.5) is 0 Å². The number of aliphatic hydroxyl groups is 1. The number of nitrogens with zero attached hydrogens (tertiary/aromatic N) is 3. The molecule has 2 aromatic rings. The fourth-order valence-electron chi connectivity index (χ4n) is 1.65. The summed E-state index contributed by atoms with van der Waals surface area (Å²) in [5.74, 6) is 0.709. The van der Waals surface area contributed by atoms with Gasteiger partial charge in [0.25, 0.3) is 0 Å². The fourth-order valence-corrected chi connectivity index (χ4v) is 1.65. The summed E-state index contributed by atoms with van der Waals surface area (Å²) < 4.78 is 0. The molecule has 1 atom stereocenters. The van der Waals surface area contributed by atoms with E-state index in [9.17, 15) is 5.11 Å². The van der Waals surface area contributed by atoms with E-state index < -0.39 is 0 Å². The zero-order valence-electron chi connectivity index (χ0n) is 9.74. The molecule has 0 aromatic carbocycles. The largest absolute Gasteiger partial charge is 0.396 e. The number of aliphatic hydroxyl groups excluding tert-OH is 1. The third-order valence-electron chi connectivity index (χ3n) is 2.73. The predicted molar refractivity (Wildman–Crippen MR) is 65.4 cm³/mol. The third-order valence-corrected chi connectivity index (χ3v) is 2.73. The molecule has 1 N–H and O–H groups in total. The van der Waals surface area contributed by atoms with Crippen molar-refractivity contribution in [2.45, 2.75) is 19.3 Å². The molecule has 4 nitrogen and oxygen atoms in total. The Morgan fingerprint density at radius 3 is 2.59 bits per heavy atom. The predicted octanol–water partition coefficient (Wildman–Crippen LogP) is 2.02. The highest BCUT2D eigenvalue weighted by atomic mass is 16.3. The third kappa shape index (κ3) is 2.65. The maximum absolute atomic E-state index is 9.25. The molecule has 0 fully saturated rings. The van der Waals surface area contributed by atoms with Gasteiger partial charge in [0.1, 0.15) is 5.82 Å². The van der Waals surface area contributed by atoms with E-state index >= 15 is 0 Å². The van der Waals surface area contributed by atoms with Gasteiger partial charge in [-0.2, -0.15) is 0 Å². The highest BCUT2D eigenvalue weighted by molar-refractivity contribution is 5.57. The molecule has 0 aliphatic rings. The Bertz CT molecular complexity index is 469. The van der Waals surface area contributed by atoms with E-state index in [0.29, 0.717) is 5.82 Å². The molecule has 0 saturated carbocycles. The van der Waals surface area contributed by atoms with Gasteiger partial charge in [-0.3, -0.25) is 4.98 Å². The van der Waals surface area contributed by atoms with Crippen LogP contribution in [0.1, 0.15) is 25.1 Å². The minimum absolute atomic E-state index is 0.0109. The molecule has 4 heteroatoms. The molecule has 1 unspecified atom stereocenters. The monoisotopic (exact) mass is 229 g/mol. The van der Waals surface area contributed by atoms with Gasteiger partial charge in [-0.05, 0) is 24.6 Å². The molecule has 88 valence electrons. The first-order chi connectivity index (χ1) is 8.35. The van der Waals surface area contributed by atoms with Crippen molar-refractivity contribution < 1.29 is 5.11 Å². The highest BCUT2D eigenvalue weighted by Crippen LogP contribution is 2.19. The van der Waals surface area contributed by atoms with Crippen LogP contribution in [0.15, 0.2) is 36.8 Å². The van der Waals surface area contributed by atoms with Crippen LogP contribution in [0.2, 0.25) is 0 Å². The standard InChI is InChI=1S/C13H15N3O/c1-2-10(9-17)13-15-8-5-12(16-13)11-3-6-14-7-4-11/h3-8,10,17H,2,9H2,1H3. The van der Waals surface area contributed by atoms with Crippen molar-refractivity contribution >= 4 is 0 Å². The van der Waals surface area contributed by atoms with Gasteiger partial charge in [0, 0.05) is 30.1 Å². The van der Waals surface area contributed by atoms with E-state index in [0.717, 1.165) is 17.7 Å². The lowest BCUT2D eigenvalue weighted by molar-refractivity contribution is 0.257. The molecule has 0 radical (unpaired) electrons. The Morgan fingerprint density at radius 2 is 1.94 bits per heavy atom. The summed E-state index contributed by atoms with van der Waals surface area (Å²) in [6.07, 6.45) is 6.04. The van der Waals surface area contributed by atoms with Crippen LogP contribution in [-0.4, -0.2) is 26.7 Å². The van der Waals surface area contributed by atoms with Crippen LogP contribution in [0.25, 0.3) is 11.3 Å². The van der Waals surface area contributed by atoms with E-state index in [-0.39, 0.29) is 12.5 Å². The maximum Gasteiger partial charge on any atom is 0.134 e. The molecular weight excluding hydrogens is 214 g/mol. The van der Waals surface area contributed by atoms with Gasteiger partial charge >= 0.3 is 0 Å². The molecule has 2 aromatic heterocycles. The summed E-state index contributed by atoms with van der Waals surface area (Å²) in [7, 11) is 0. The second kappa shape index (κ2) is 5.50. The molecular formula is C13H15N3O. The average molecular weight is 229 g/mol. The van der Waals surface area contributed by atoms with E-state index in [4.69, 9.17) is 0 Å². The number of hydrogen-bond donors (Lipinski definition) is 1. The molecule has 17 heavy (non-hydrogen) atoms. The summed E-state index contributed by atoms with van der Waals surface area (Å²) in [4.78, 5) is 12.7. The first-order valence-corrected chi connectivity index (χ1v) is 5.69. The van der Waals surface area contributed by atoms with Crippen LogP contribution in [0.3, 0.4) is 0 Å². The summed E-state index contributed by atoms with van der Waals surface area (Å²) in [5.41, 5.74) is 1.88. The maximum atomic E-state index is 9.25. The lowest BCUT2D eigenvalue weighted by Crippen LogP contribution is -2.08. The van der Waals surface area contributed by atoms with Crippen molar-refractivity contribution in [3.05, 3.63) is 42.6 Å². The molecule has 2 rings (SSSR count). The van der Waals surface area contributed by atoms with Crippen molar-refractivity contribution in [2.24, 2.45) is 0 Å². The summed E-state index contributed by atoms with van der Waals surface area (Å²) >= 11 is 0. The zero-order valence-corrected chi connectivity index (χ0v) is 9.74. The van der Waals surface area contributed by atoms with E-state index in [1.54, 1.807) is 18.6 Å². The van der Waals surface area contributed by atoms with Crippen LogP contribution in [0.5, 0.6) is 0 Å². The summed E-state index contributed by atoms with van der Waals surface area (Å²) in [6.45, 7) is 2.10. The number of aromatic nitrogens is 3. The first-order valence-electron chi connectivity index (χ1n) is 5.69. The normalized spacial score (nSPS) is 12.4. The van der Waals surface area contributed by atoms with Crippen LogP contribution in [-0.2, 0) is 0 Å². The molecule has 0 aliphatic carbocycles. The van der Waals surface area contributed by atoms with Crippen molar-refractivity contribution in [3.8, 4) is 11.3 Å². The van der Waals surface area contributed by atoms with Crippen LogP contribution < -0.4 is 0 Å². The minimum atomic E-state index is 0.0109. The van der Waals surface area contributed by atoms with E-state index in [2.05, 4.69) is 15.0 Å². The Hall–Kier alpha value is -1.81. The molecule has 0 aliphatic heterocycles. The molecule has 0 bridgehead atoms. The van der Waals surface area contributed by atoms with Crippen LogP contribution >= 0.6 is 0 Å². The smallest absolute Gasteiger partial charge is 0.134 e. The quantitative estimate of drug-likeness (QED) is 0.871. The number of hydrogen-bond acceptors (Lipinski definition) is 4. The van der Waals surface area contributed by atoms with Crippen LogP contribution in [0, 0.1) is 0 Å². The highest BCUT2D eigenvalue weighted by Gasteiger charge is 2.11. The molecule has 0 saturated heterocycles. The van der Waals surface area contributed by atoms with Crippen molar-refractivity contribution in [1.29, 1.82) is 0 Å². The van der Waals surface area contributed by atoms with Gasteiger partial charge in [0.15, 0.2) is 0 Å². The molecule has 0 spiro atoms. The SMILES string of the molecule is CCC(CO)c1nccc(-c2ccncc2)n1. The number of rotatable bonds is 4.